The first kappa shape index (κ1) is 14.6. The summed E-state index contributed by atoms with van der Waals surface area (Å²) >= 11 is 3.29. The van der Waals surface area contributed by atoms with E-state index in [2.05, 4.69) is 46.2 Å². The van der Waals surface area contributed by atoms with E-state index in [0.29, 0.717) is 38.7 Å². The van der Waals surface area contributed by atoms with Crippen molar-refractivity contribution < 1.29 is 14.6 Å². The number of carboxylic acid groups (broad SMARTS) is 1. The zero-order valence-electron chi connectivity index (χ0n) is 12.2. The van der Waals surface area contributed by atoms with Gasteiger partial charge in [-0.1, -0.05) is 0 Å². The van der Waals surface area contributed by atoms with Crippen molar-refractivity contribution in [3.8, 4) is 5.88 Å². The molecule has 4 rings (SSSR count). The Morgan fingerprint density at radius 1 is 1.42 bits per heavy atom. The van der Waals surface area contributed by atoms with Gasteiger partial charge in [-0.05, 0) is 22.0 Å². The lowest BCUT2D eigenvalue weighted by Gasteiger charge is -2.15. The number of pyridine rings is 1. The summed E-state index contributed by atoms with van der Waals surface area (Å²) in [6.07, 6.45) is 3.03. The van der Waals surface area contributed by atoms with Crippen LogP contribution in [0.4, 0.5) is 17.3 Å². The van der Waals surface area contributed by atoms with Gasteiger partial charge < -0.3 is 20.1 Å². The molecule has 4 heterocycles. The zero-order chi connectivity index (χ0) is 16.8. The van der Waals surface area contributed by atoms with E-state index in [1.807, 2.05) is 6.07 Å². The van der Waals surface area contributed by atoms with Gasteiger partial charge in [0.15, 0.2) is 5.82 Å². The summed E-state index contributed by atoms with van der Waals surface area (Å²) in [7, 11) is 1.51. The molecule has 10 heteroatoms. The van der Waals surface area contributed by atoms with Gasteiger partial charge >= 0.3 is 5.97 Å². The number of rotatable bonds is 4. The fourth-order valence-electron chi connectivity index (χ4n) is 2.37. The molecule has 9 nitrogen and oxygen atoms in total. The zero-order valence-corrected chi connectivity index (χ0v) is 13.7. The molecule has 0 unspecified atom stereocenters. The van der Waals surface area contributed by atoms with E-state index >= 15 is 0 Å². The Hall–Kier alpha value is -3.01. The van der Waals surface area contributed by atoms with Crippen LogP contribution in [0.25, 0.3) is 11.0 Å². The lowest BCUT2D eigenvalue weighted by Crippen LogP contribution is -2.04. The Kier molecular flexibility index (Phi) is 3.20. The molecule has 0 atom stereocenters. The monoisotopic (exact) mass is 388 g/mol. The van der Waals surface area contributed by atoms with Gasteiger partial charge in [0.05, 0.1) is 17.0 Å². The van der Waals surface area contributed by atoms with E-state index in [1.165, 1.54) is 13.4 Å². The Balaban J connectivity index is 1.84. The van der Waals surface area contributed by atoms with E-state index < -0.39 is 5.97 Å². The van der Waals surface area contributed by atoms with Crippen LogP contribution in [0.3, 0.4) is 0 Å². The number of halogens is 1. The summed E-state index contributed by atoms with van der Waals surface area (Å²) in [4.78, 5) is 30.6. The van der Waals surface area contributed by atoms with E-state index in [-0.39, 0.29) is 5.69 Å². The third-order valence-electron chi connectivity index (χ3n) is 3.51. The predicted molar refractivity (Wildman–Crippen MR) is 89.9 cm³/mol. The van der Waals surface area contributed by atoms with Crippen molar-refractivity contribution in [3.63, 3.8) is 0 Å². The highest BCUT2D eigenvalue weighted by Gasteiger charge is 2.21. The number of aromatic amines is 1. The molecule has 0 saturated heterocycles. The molecular formula is C14H9BrN6O3. The van der Waals surface area contributed by atoms with Crippen molar-refractivity contribution >= 4 is 56.5 Å². The fraction of sp³-hybridized carbons (Fsp3) is 0.0714. The smallest absolute Gasteiger partial charge is 0.353 e. The Morgan fingerprint density at radius 3 is 2.92 bits per heavy atom. The Labute approximate surface area is 143 Å². The number of fused-ring (bicyclic) bond motifs is 2. The maximum absolute atomic E-state index is 11.3. The van der Waals surface area contributed by atoms with Crippen LogP contribution in [-0.2, 0) is 0 Å². The molecule has 3 aromatic rings. The molecular weight excluding hydrogens is 380 g/mol. The Bertz CT molecular complexity index is 1030. The number of ether oxygens (including phenoxy) is 1. The van der Waals surface area contributed by atoms with Crippen molar-refractivity contribution in [2.45, 2.75) is 0 Å². The summed E-state index contributed by atoms with van der Waals surface area (Å²) in [5, 5.41) is 12.9. The minimum Gasteiger partial charge on any atom is -0.479 e. The van der Waals surface area contributed by atoms with Crippen LogP contribution in [0.2, 0.25) is 0 Å². The molecule has 120 valence electrons. The molecule has 0 saturated carbocycles. The molecule has 0 aliphatic carbocycles. The number of aliphatic imine (C=N–C) groups is 1. The molecule has 0 spiro atoms. The van der Waals surface area contributed by atoms with Crippen molar-refractivity contribution in [3.05, 3.63) is 28.1 Å². The molecule has 0 amide bonds. The first-order chi connectivity index (χ1) is 11.6. The fourth-order valence-corrected chi connectivity index (χ4v) is 3.01. The van der Waals surface area contributed by atoms with Crippen molar-refractivity contribution in [1.29, 1.82) is 0 Å². The van der Waals surface area contributed by atoms with Gasteiger partial charge in [0.2, 0.25) is 5.88 Å². The molecule has 24 heavy (non-hydrogen) atoms. The molecule has 1 aliphatic heterocycles. The van der Waals surface area contributed by atoms with Gasteiger partial charge in [-0.15, -0.1) is 0 Å². The van der Waals surface area contributed by atoms with E-state index in [1.54, 1.807) is 6.21 Å². The molecule has 0 fully saturated rings. The van der Waals surface area contributed by atoms with Gasteiger partial charge in [-0.2, -0.15) is 4.98 Å². The number of carbonyl (C=O) groups is 1. The average Bonchev–Trinajstić information content (AvgIpc) is 2.89. The minimum atomic E-state index is -1.10. The second-order valence-electron chi connectivity index (χ2n) is 4.91. The number of carboxylic acids is 1. The number of aromatic nitrogens is 4. The van der Waals surface area contributed by atoms with Crippen LogP contribution in [-0.4, -0.2) is 44.3 Å². The Morgan fingerprint density at radius 2 is 2.25 bits per heavy atom. The van der Waals surface area contributed by atoms with Crippen LogP contribution >= 0.6 is 15.9 Å². The van der Waals surface area contributed by atoms with E-state index in [0.717, 1.165) is 5.56 Å². The lowest BCUT2D eigenvalue weighted by molar-refractivity contribution is 0.0690. The number of anilines is 2. The summed E-state index contributed by atoms with van der Waals surface area (Å²) in [6, 6.07) is 1.83. The van der Waals surface area contributed by atoms with Crippen LogP contribution in [0, 0.1) is 0 Å². The van der Waals surface area contributed by atoms with E-state index in [9.17, 15) is 9.90 Å². The van der Waals surface area contributed by atoms with Gasteiger partial charge in [0.25, 0.3) is 0 Å². The standard InChI is InChI=1S/C14H9BrN6O3/c1-24-13-6(2-5-3-16-10(5)21-13)19-11-7-8(15)9(14(22)23)20-12(7)18-4-17-11/h2-4H,1H3,(H,22,23)(H2,17,18,19,20). The van der Waals surface area contributed by atoms with Crippen LogP contribution < -0.4 is 10.1 Å². The highest BCUT2D eigenvalue weighted by atomic mass is 79.9. The second-order valence-corrected chi connectivity index (χ2v) is 5.70. The minimum absolute atomic E-state index is 0.00271. The SMILES string of the molecule is COc1nc2c(cc1Nc1ncnc3[nH]c(C(=O)O)c(Br)c13)C=N2. The number of hydrogen-bond donors (Lipinski definition) is 3. The number of nitrogens with one attached hydrogen (secondary N) is 2. The quantitative estimate of drug-likeness (QED) is 0.490. The van der Waals surface area contributed by atoms with Gasteiger partial charge in [-0.3, -0.25) is 0 Å². The third-order valence-corrected chi connectivity index (χ3v) is 4.30. The van der Waals surface area contributed by atoms with Crippen LogP contribution in [0.15, 0.2) is 21.9 Å². The number of hydrogen-bond acceptors (Lipinski definition) is 7. The summed E-state index contributed by atoms with van der Waals surface area (Å²) in [6.45, 7) is 0. The number of methoxy groups -OCH3 is 1. The summed E-state index contributed by atoms with van der Waals surface area (Å²) in [5.41, 5.74) is 1.87. The van der Waals surface area contributed by atoms with E-state index in [4.69, 9.17) is 4.74 Å². The number of nitrogens with zero attached hydrogens (tertiary/aromatic N) is 4. The molecule has 3 aromatic heterocycles. The summed E-state index contributed by atoms with van der Waals surface area (Å²) in [5.74, 6) is 0.304. The second kappa shape index (κ2) is 5.27. The average molecular weight is 389 g/mol. The maximum Gasteiger partial charge on any atom is 0.353 e. The van der Waals surface area contributed by atoms with Crippen LogP contribution in [0.1, 0.15) is 16.1 Å². The predicted octanol–water partition coefficient (Wildman–Crippen LogP) is 2.63. The maximum atomic E-state index is 11.3. The van der Waals surface area contributed by atoms with Crippen LogP contribution in [0.5, 0.6) is 5.88 Å². The lowest BCUT2D eigenvalue weighted by atomic mass is 10.2. The molecule has 0 bridgehead atoms. The highest BCUT2D eigenvalue weighted by Crippen LogP contribution is 2.37. The van der Waals surface area contributed by atoms with Crippen molar-refractivity contribution in [2.75, 3.05) is 12.4 Å². The van der Waals surface area contributed by atoms with Crippen molar-refractivity contribution in [1.82, 2.24) is 19.9 Å². The first-order valence-electron chi connectivity index (χ1n) is 6.74. The van der Waals surface area contributed by atoms with Gasteiger partial charge in [0, 0.05) is 11.8 Å². The van der Waals surface area contributed by atoms with Gasteiger partial charge in [0.1, 0.15) is 29.2 Å². The molecule has 3 N–H and O–H groups in total. The highest BCUT2D eigenvalue weighted by molar-refractivity contribution is 9.10. The molecule has 1 aliphatic rings. The van der Waals surface area contributed by atoms with Crippen molar-refractivity contribution in [2.24, 2.45) is 4.99 Å². The number of H-pyrrole nitrogens is 1. The third kappa shape index (κ3) is 2.11. The molecule has 0 radical (unpaired) electrons. The summed E-state index contributed by atoms with van der Waals surface area (Å²) < 4.78 is 5.63. The van der Waals surface area contributed by atoms with Gasteiger partial charge in [-0.25, -0.2) is 19.8 Å². The largest absolute Gasteiger partial charge is 0.479 e. The topological polar surface area (TPSA) is 125 Å². The molecule has 0 aromatic carbocycles. The number of aromatic carboxylic acids is 1. The normalized spacial score (nSPS) is 11.9. The first-order valence-corrected chi connectivity index (χ1v) is 7.53.